The van der Waals surface area contributed by atoms with Crippen LogP contribution in [0.1, 0.15) is 10.5 Å². The molecule has 2 rings (SSSR count). The lowest BCUT2D eigenvalue weighted by Gasteiger charge is -2.17. The van der Waals surface area contributed by atoms with Crippen LogP contribution in [0.5, 0.6) is 5.75 Å². The van der Waals surface area contributed by atoms with Crippen molar-refractivity contribution in [2.45, 2.75) is 0 Å². The van der Waals surface area contributed by atoms with E-state index in [9.17, 15) is 9.59 Å². The molecule has 0 atom stereocenters. The number of nitrogens with zero attached hydrogens (tertiary/aromatic N) is 1. The Hall–Kier alpha value is -2.18. The number of esters is 1. The highest BCUT2D eigenvalue weighted by atomic mass is 35.5. The van der Waals surface area contributed by atoms with E-state index < -0.39 is 5.97 Å². The van der Waals surface area contributed by atoms with E-state index in [4.69, 9.17) is 32.7 Å². The zero-order chi connectivity index (χ0) is 17.5. The monoisotopic (exact) mass is 370 g/mol. The predicted molar refractivity (Wildman–Crippen MR) is 90.7 cm³/mol. The summed E-state index contributed by atoms with van der Waals surface area (Å²) < 4.78 is 10.4. The molecule has 6 nitrogen and oxygen atoms in total. The number of benzene rings is 1. The second-order valence-electron chi connectivity index (χ2n) is 4.93. The molecule has 1 heterocycles. The molecule has 1 aromatic carbocycles. The van der Waals surface area contributed by atoms with Crippen LogP contribution in [0.2, 0.25) is 10.0 Å². The van der Waals surface area contributed by atoms with Crippen LogP contribution in [0, 0.1) is 0 Å². The highest BCUT2D eigenvalue weighted by Crippen LogP contribution is 2.15. The molecule has 0 spiro atoms. The van der Waals surface area contributed by atoms with Crippen molar-refractivity contribution in [2.24, 2.45) is 0 Å². The first-order chi connectivity index (χ1) is 11.5. The number of halogens is 2. The summed E-state index contributed by atoms with van der Waals surface area (Å²) in [6, 6.07) is 8.36. The lowest BCUT2D eigenvalue weighted by molar-refractivity contribution is -0.133. The summed E-state index contributed by atoms with van der Waals surface area (Å²) in [6.07, 6.45) is 1.46. The van der Waals surface area contributed by atoms with Gasteiger partial charge in [0, 0.05) is 18.3 Å². The van der Waals surface area contributed by atoms with Crippen LogP contribution in [-0.2, 0) is 9.53 Å². The van der Waals surface area contributed by atoms with Gasteiger partial charge in [0.25, 0.3) is 5.91 Å². The van der Waals surface area contributed by atoms with Gasteiger partial charge in [-0.25, -0.2) is 4.79 Å². The molecular formula is C16H16Cl2N2O4. The first kappa shape index (κ1) is 18.2. The Labute approximate surface area is 149 Å². The van der Waals surface area contributed by atoms with E-state index in [-0.39, 0.29) is 18.2 Å². The van der Waals surface area contributed by atoms with Crippen LogP contribution in [0.4, 0.5) is 0 Å². The van der Waals surface area contributed by atoms with Gasteiger partial charge in [-0.15, -0.1) is 0 Å². The molecule has 128 valence electrons. The number of carbonyl (C=O) groups is 2. The normalized spacial score (nSPS) is 10.3. The smallest absolute Gasteiger partial charge is 0.355 e. The topological polar surface area (TPSA) is 71.6 Å². The van der Waals surface area contributed by atoms with E-state index >= 15 is 0 Å². The second-order valence-corrected chi connectivity index (χ2v) is 5.80. The van der Waals surface area contributed by atoms with Gasteiger partial charge in [-0.3, -0.25) is 4.79 Å². The zero-order valence-corrected chi connectivity index (χ0v) is 14.4. The van der Waals surface area contributed by atoms with Crippen LogP contribution in [0.15, 0.2) is 36.5 Å². The van der Waals surface area contributed by atoms with Crippen molar-refractivity contribution in [1.29, 1.82) is 0 Å². The summed E-state index contributed by atoms with van der Waals surface area (Å²) in [4.78, 5) is 27.7. The molecule has 0 bridgehead atoms. The minimum absolute atomic E-state index is 0.196. The average Bonchev–Trinajstić information content (AvgIpc) is 3.00. The number of carbonyl (C=O) groups excluding carboxylic acids is 2. The zero-order valence-electron chi connectivity index (χ0n) is 12.9. The van der Waals surface area contributed by atoms with Crippen LogP contribution in [-0.4, -0.2) is 48.6 Å². The van der Waals surface area contributed by atoms with E-state index in [1.165, 1.54) is 17.2 Å². The van der Waals surface area contributed by atoms with Gasteiger partial charge in [-0.05, 0) is 30.3 Å². The van der Waals surface area contributed by atoms with Gasteiger partial charge in [0.1, 0.15) is 18.1 Å². The van der Waals surface area contributed by atoms with Crippen molar-refractivity contribution < 1.29 is 19.1 Å². The molecule has 0 radical (unpaired) electrons. The van der Waals surface area contributed by atoms with Crippen LogP contribution >= 0.6 is 23.2 Å². The van der Waals surface area contributed by atoms with Gasteiger partial charge in [0.2, 0.25) is 0 Å². The van der Waals surface area contributed by atoms with E-state index in [0.29, 0.717) is 28.9 Å². The number of H-pyrrole nitrogens is 1. The Morgan fingerprint density at radius 2 is 1.88 bits per heavy atom. The molecule has 24 heavy (non-hydrogen) atoms. The van der Waals surface area contributed by atoms with Crippen LogP contribution in [0.25, 0.3) is 0 Å². The summed E-state index contributed by atoms with van der Waals surface area (Å²) >= 11 is 11.5. The molecule has 1 N–H and O–H groups in total. The van der Waals surface area contributed by atoms with Gasteiger partial charge < -0.3 is 19.4 Å². The first-order valence-electron chi connectivity index (χ1n) is 7.09. The van der Waals surface area contributed by atoms with Gasteiger partial charge in [-0.1, -0.05) is 23.2 Å². The molecular weight excluding hydrogens is 355 g/mol. The minimum atomic E-state index is -0.638. The summed E-state index contributed by atoms with van der Waals surface area (Å²) in [5.74, 6) is -0.308. The molecule has 0 saturated carbocycles. The Morgan fingerprint density at radius 3 is 2.50 bits per heavy atom. The second kappa shape index (κ2) is 8.61. The van der Waals surface area contributed by atoms with Gasteiger partial charge in [0.15, 0.2) is 6.61 Å². The lowest BCUT2D eigenvalue weighted by atomic mass is 10.3. The molecule has 0 unspecified atom stereocenters. The number of amides is 1. The number of hydrogen-bond acceptors (Lipinski definition) is 4. The summed E-state index contributed by atoms with van der Waals surface area (Å²) in [6.45, 7) is 0.310. The van der Waals surface area contributed by atoms with E-state index in [1.807, 2.05) is 0 Å². The van der Waals surface area contributed by atoms with Crippen molar-refractivity contribution in [3.63, 3.8) is 0 Å². The Balaban J connectivity index is 1.70. The summed E-state index contributed by atoms with van der Waals surface area (Å²) in [7, 11) is 1.60. The lowest BCUT2D eigenvalue weighted by Crippen LogP contribution is -2.34. The Morgan fingerprint density at radius 1 is 1.17 bits per heavy atom. The minimum Gasteiger partial charge on any atom is -0.492 e. The summed E-state index contributed by atoms with van der Waals surface area (Å²) in [5, 5.41) is 1.02. The van der Waals surface area contributed by atoms with Crippen molar-refractivity contribution in [3.05, 3.63) is 52.3 Å². The fourth-order valence-corrected chi connectivity index (χ4v) is 2.05. The van der Waals surface area contributed by atoms with E-state index in [2.05, 4.69) is 4.98 Å². The molecule has 2 aromatic rings. The third-order valence-electron chi connectivity index (χ3n) is 3.13. The molecule has 1 amide bonds. The van der Waals surface area contributed by atoms with Crippen molar-refractivity contribution >= 4 is 35.1 Å². The van der Waals surface area contributed by atoms with E-state index in [1.54, 1.807) is 31.3 Å². The Bertz CT molecular complexity index is 700. The number of rotatable bonds is 7. The third-order valence-corrected chi connectivity index (χ3v) is 3.60. The van der Waals surface area contributed by atoms with Gasteiger partial charge in [-0.2, -0.15) is 0 Å². The SMILES string of the molecule is CN(CCOc1ccc(Cl)cc1)C(=O)COC(=O)c1cc(Cl)c[nH]1. The van der Waals surface area contributed by atoms with Gasteiger partial charge >= 0.3 is 5.97 Å². The quantitative estimate of drug-likeness (QED) is 0.760. The van der Waals surface area contributed by atoms with E-state index in [0.717, 1.165) is 0 Å². The predicted octanol–water partition coefficient (Wildman–Crippen LogP) is 3.02. The Kier molecular flexibility index (Phi) is 6.52. The number of likely N-dealkylation sites (N-methyl/N-ethyl adjacent to an activating group) is 1. The molecule has 0 aliphatic heterocycles. The number of ether oxygens (including phenoxy) is 2. The standard InChI is InChI=1S/C16H16Cl2N2O4/c1-20(6-7-23-13-4-2-11(17)3-5-13)15(21)10-24-16(22)14-8-12(18)9-19-14/h2-5,8-9,19H,6-7,10H2,1H3. The number of aromatic nitrogens is 1. The third kappa shape index (κ3) is 5.47. The maximum atomic E-state index is 11.9. The molecule has 8 heteroatoms. The molecule has 0 saturated heterocycles. The van der Waals surface area contributed by atoms with Crippen molar-refractivity contribution in [1.82, 2.24) is 9.88 Å². The maximum Gasteiger partial charge on any atom is 0.355 e. The van der Waals surface area contributed by atoms with Crippen molar-refractivity contribution in [2.75, 3.05) is 26.8 Å². The molecule has 0 aliphatic rings. The number of hydrogen-bond donors (Lipinski definition) is 1. The van der Waals surface area contributed by atoms with Crippen LogP contribution < -0.4 is 4.74 Å². The fourth-order valence-electron chi connectivity index (χ4n) is 1.76. The maximum absolute atomic E-state index is 11.9. The molecule has 1 aromatic heterocycles. The molecule has 0 fully saturated rings. The highest BCUT2D eigenvalue weighted by Gasteiger charge is 2.14. The largest absolute Gasteiger partial charge is 0.492 e. The number of aromatic amines is 1. The molecule has 0 aliphatic carbocycles. The summed E-state index contributed by atoms with van der Waals surface area (Å²) in [5.41, 5.74) is 0.196. The fraction of sp³-hybridized carbons (Fsp3) is 0.250. The van der Waals surface area contributed by atoms with Crippen LogP contribution in [0.3, 0.4) is 0 Å². The van der Waals surface area contributed by atoms with Gasteiger partial charge in [0.05, 0.1) is 11.6 Å². The highest BCUT2D eigenvalue weighted by molar-refractivity contribution is 6.31. The van der Waals surface area contributed by atoms with Crippen molar-refractivity contribution in [3.8, 4) is 5.75 Å². The first-order valence-corrected chi connectivity index (χ1v) is 7.84. The number of nitrogens with one attached hydrogen (secondary N) is 1. The average molecular weight is 371 g/mol.